The highest BCUT2D eigenvalue weighted by atomic mass is 35.5. The Labute approximate surface area is 235 Å². The molecule has 3 heterocycles. The number of likely N-dealkylation sites (tertiary alicyclic amines) is 1. The van der Waals surface area contributed by atoms with Crippen LogP contribution in [0.25, 0.3) is 11.0 Å². The maximum absolute atomic E-state index is 13.6. The Hall–Kier alpha value is -3.35. The van der Waals surface area contributed by atoms with Crippen LogP contribution < -0.4 is 4.90 Å². The van der Waals surface area contributed by atoms with E-state index in [1.807, 2.05) is 18.2 Å². The standard InChI is InChI=1S/C32H36ClN5O/c1-24-7-2-4-10-29(24)36-17-19-37(20-18-36)32(39)26-8-6-16-35(22-26)23-31-34-28-9-3-5-11-30(28)38(31)21-25-12-14-27(33)15-13-25/h2-5,7,9-15,26H,6,8,16-23H2,1H3/t26-/m0/s1. The van der Waals surface area contributed by atoms with Crippen molar-refractivity contribution in [3.8, 4) is 0 Å². The topological polar surface area (TPSA) is 44.6 Å². The first-order valence-corrected chi connectivity index (χ1v) is 14.4. The molecule has 202 valence electrons. The van der Waals surface area contributed by atoms with Crippen LogP contribution in [0.15, 0.2) is 72.8 Å². The van der Waals surface area contributed by atoms with E-state index >= 15 is 0 Å². The highest BCUT2D eigenvalue weighted by molar-refractivity contribution is 6.30. The quantitative estimate of drug-likeness (QED) is 0.318. The van der Waals surface area contributed by atoms with Crippen molar-refractivity contribution >= 4 is 34.2 Å². The highest BCUT2D eigenvalue weighted by Crippen LogP contribution is 2.26. The number of piperazine rings is 1. The van der Waals surface area contributed by atoms with Gasteiger partial charge in [-0.25, -0.2) is 4.98 Å². The number of nitrogens with zero attached hydrogens (tertiary/aromatic N) is 5. The summed E-state index contributed by atoms with van der Waals surface area (Å²) in [5.41, 5.74) is 5.92. The van der Waals surface area contributed by atoms with E-state index < -0.39 is 0 Å². The second kappa shape index (κ2) is 11.4. The van der Waals surface area contributed by atoms with Gasteiger partial charge in [0.1, 0.15) is 5.82 Å². The Balaban J connectivity index is 1.12. The summed E-state index contributed by atoms with van der Waals surface area (Å²) in [6.07, 6.45) is 2.01. The van der Waals surface area contributed by atoms with Crippen molar-refractivity contribution < 1.29 is 4.79 Å². The average Bonchev–Trinajstić information content (AvgIpc) is 3.31. The van der Waals surface area contributed by atoms with Gasteiger partial charge in [-0.05, 0) is 67.8 Å². The zero-order valence-corrected chi connectivity index (χ0v) is 23.4. The van der Waals surface area contributed by atoms with E-state index in [1.54, 1.807) is 0 Å². The van der Waals surface area contributed by atoms with Crippen LogP contribution in [-0.4, -0.2) is 64.5 Å². The van der Waals surface area contributed by atoms with Crippen molar-refractivity contribution in [3.05, 3.63) is 94.8 Å². The van der Waals surface area contributed by atoms with E-state index in [1.165, 1.54) is 16.8 Å². The predicted octanol–water partition coefficient (Wildman–Crippen LogP) is 5.61. The highest BCUT2D eigenvalue weighted by Gasteiger charge is 2.32. The van der Waals surface area contributed by atoms with Gasteiger partial charge in [0.05, 0.1) is 23.5 Å². The van der Waals surface area contributed by atoms with Gasteiger partial charge in [0.15, 0.2) is 0 Å². The number of anilines is 1. The molecule has 3 aromatic carbocycles. The van der Waals surface area contributed by atoms with Crippen LogP contribution in [0.1, 0.15) is 29.8 Å². The van der Waals surface area contributed by atoms with Gasteiger partial charge in [-0.3, -0.25) is 9.69 Å². The third kappa shape index (κ3) is 5.68. The van der Waals surface area contributed by atoms with E-state index in [9.17, 15) is 4.79 Å². The second-order valence-corrected chi connectivity index (χ2v) is 11.3. The Kier molecular flexibility index (Phi) is 7.58. The van der Waals surface area contributed by atoms with Gasteiger partial charge in [-0.15, -0.1) is 0 Å². The van der Waals surface area contributed by atoms with E-state index in [0.29, 0.717) is 5.91 Å². The van der Waals surface area contributed by atoms with Gasteiger partial charge >= 0.3 is 0 Å². The molecule has 1 atom stereocenters. The van der Waals surface area contributed by atoms with Crippen LogP contribution >= 0.6 is 11.6 Å². The minimum Gasteiger partial charge on any atom is -0.368 e. The van der Waals surface area contributed by atoms with Gasteiger partial charge in [0.25, 0.3) is 0 Å². The van der Waals surface area contributed by atoms with Gasteiger partial charge in [0.2, 0.25) is 5.91 Å². The fourth-order valence-electron chi connectivity index (χ4n) is 6.14. The summed E-state index contributed by atoms with van der Waals surface area (Å²) in [5.74, 6) is 1.42. The van der Waals surface area contributed by atoms with Crippen molar-refractivity contribution in [3.63, 3.8) is 0 Å². The molecular weight excluding hydrogens is 506 g/mol. The normalized spacial score (nSPS) is 18.6. The molecule has 0 bridgehead atoms. The second-order valence-electron chi connectivity index (χ2n) is 10.9. The summed E-state index contributed by atoms with van der Waals surface area (Å²) in [6, 6.07) is 24.9. The molecule has 0 N–H and O–H groups in total. The lowest BCUT2D eigenvalue weighted by molar-refractivity contribution is -0.137. The molecule has 39 heavy (non-hydrogen) atoms. The van der Waals surface area contributed by atoms with Gasteiger partial charge in [0, 0.05) is 50.0 Å². The maximum Gasteiger partial charge on any atom is 0.227 e. The maximum atomic E-state index is 13.6. The lowest BCUT2D eigenvalue weighted by Gasteiger charge is -2.40. The van der Waals surface area contributed by atoms with Crippen LogP contribution in [0, 0.1) is 12.8 Å². The van der Waals surface area contributed by atoms with Crippen LogP contribution in [0.3, 0.4) is 0 Å². The molecular formula is C32H36ClN5O. The molecule has 0 radical (unpaired) electrons. The Morgan fingerprint density at radius 1 is 0.897 bits per heavy atom. The van der Waals surface area contributed by atoms with Gasteiger partial charge in [-0.1, -0.05) is 54.1 Å². The SMILES string of the molecule is Cc1ccccc1N1CCN(C(=O)[C@H]2CCCN(Cc3nc4ccccc4n3Cc3ccc(Cl)cc3)C2)CC1. The molecule has 0 aliphatic carbocycles. The lowest BCUT2D eigenvalue weighted by atomic mass is 9.96. The van der Waals surface area contributed by atoms with Crippen LogP contribution in [0.2, 0.25) is 5.02 Å². The minimum atomic E-state index is 0.0536. The number of hydrogen-bond acceptors (Lipinski definition) is 4. The monoisotopic (exact) mass is 541 g/mol. The van der Waals surface area contributed by atoms with E-state index in [2.05, 4.69) is 80.8 Å². The Morgan fingerprint density at radius 2 is 1.64 bits per heavy atom. The van der Waals surface area contributed by atoms with Crippen molar-refractivity contribution in [2.45, 2.75) is 32.9 Å². The van der Waals surface area contributed by atoms with Crippen molar-refractivity contribution in [2.24, 2.45) is 5.92 Å². The first-order valence-electron chi connectivity index (χ1n) is 14.1. The molecule has 4 aromatic rings. The van der Waals surface area contributed by atoms with Gasteiger partial charge in [-0.2, -0.15) is 0 Å². The van der Waals surface area contributed by atoms with Crippen molar-refractivity contribution in [2.75, 3.05) is 44.2 Å². The minimum absolute atomic E-state index is 0.0536. The number of carbonyl (C=O) groups is 1. The molecule has 1 aromatic heterocycles. The number of benzene rings is 3. The molecule has 6 nitrogen and oxygen atoms in total. The first-order chi connectivity index (χ1) is 19.0. The molecule has 7 heteroatoms. The van der Waals surface area contributed by atoms with E-state index in [4.69, 9.17) is 16.6 Å². The van der Waals surface area contributed by atoms with E-state index in [-0.39, 0.29) is 5.92 Å². The number of halogens is 1. The molecule has 0 saturated carbocycles. The summed E-state index contributed by atoms with van der Waals surface area (Å²) < 4.78 is 2.31. The number of para-hydroxylation sites is 3. The molecule has 6 rings (SSSR count). The molecule has 2 saturated heterocycles. The zero-order chi connectivity index (χ0) is 26.8. The number of amides is 1. The number of aromatic nitrogens is 2. The summed E-state index contributed by atoms with van der Waals surface area (Å²) in [5, 5.41) is 0.745. The fourth-order valence-corrected chi connectivity index (χ4v) is 6.27. The summed E-state index contributed by atoms with van der Waals surface area (Å²) in [7, 11) is 0. The number of rotatable bonds is 6. The third-order valence-electron chi connectivity index (χ3n) is 8.25. The van der Waals surface area contributed by atoms with Crippen molar-refractivity contribution in [1.82, 2.24) is 19.4 Å². The number of aryl methyl sites for hydroxylation is 1. The molecule has 2 aliphatic rings. The van der Waals surface area contributed by atoms with E-state index in [0.717, 1.165) is 87.1 Å². The number of carbonyl (C=O) groups excluding carboxylic acids is 1. The zero-order valence-electron chi connectivity index (χ0n) is 22.6. The largest absolute Gasteiger partial charge is 0.368 e. The van der Waals surface area contributed by atoms with Crippen LogP contribution in [-0.2, 0) is 17.9 Å². The number of piperidine rings is 1. The van der Waals surface area contributed by atoms with Crippen LogP contribution in [0.5, 0.6) is 0 Å². The van der Waals surface area contributed by atoms with Crippen molar-refractivity contribution in [1.29, 1.82) is 0 Å². The summed E-state index contributed by atoms with van der Waals surface area (Å²) in [6.45, 7) is 8.80. The Morgan fingerprint density at radius 3 is 2.44 bits per heavy atom. The Bertz CT molecular complexity index is 1440. The first kappa shape index (κ1) is 25.9. The van der Waals surface area contributed by atoms with Gasteiger partial charge < -0.3 is 14.4 Å². The molecule has 1 amide bonds. The number of hydrogen-bond donors (Lipinski definition) is 0. The third-order valence-corrected chi connectivity index (χ3v) is 8.51. The predicted molar refractivity (Wildman–Crippen MR) is 158 cm³/mol. The molecule has 2 fully saturated rings. The van der Waals surface area contributed by atoms with Crippen LogP contribution in [0.4, 0.5) is 5.69 Å². The summed E-state index contributed by atoms with van der Waals surface area (Å²) in [4.78, 5) is 25.5. The lowest BCUT2D eigenvalue weighted by Crippen LogP contribution is -2.52. The molecule has 0 spiro atoms. The molecule has 2 aliphatic heterocycles. The average molecular weight is 542 g/mol. The smallest absolute Gasteiger partial charge is 0.227 e. The molecule has 0 unspecified atom stereocenters. The number of imidazole rings is 1. The number of fused-ring (bicyclic) bond motifs is 1. The summed E-state index contributed by atoms with van der Waals surface area (Å²) >= 11 is 6.13. The fraction of sp³-hybridized carbons (Fsp3) is 0.375.